The van der Waals surface area contributed by atoms with Gasteiger partial charge in [0.25, 0.3) is 0 Å². The number of ether oxygens (including phenoxy) is 1. The molecule has 1 saturated heterocycles. The fourth-order valence-corrected chi connectivity index (χ4v) is 3.51. The number of piperidine rings is 1. The Morgan fingerprint density at radius 3 is 2.68 bits per heavy atom. The minimum absolute atomic E-state index is 0.255. The highest BCUT2D eigenvalue weighted by Gasteiger charge is 2.31. The van der Waals surface area contributed by atoms with E-state index in [4.69, 9.17) is 4.74 Å². The molecule has 2 fully saturated rings. The average molecular weight is 344 g/mol. The van der Waals surface area contributed by atoms with Gasteiger partial charge in [-0.05, 0) is 62.3 Å². The number of amides is 3. The van der Waals surface area contributed by atoms with Crippen LogP contribution < -0.4 is 10.1 Å². The van der Waals surface area contributed by atoms with Crippen LogP contribution in [0.3, 0.4) is 0 Å². The van der Waals surface area contributed by atoms with Gasteiger partial charge in [0.2, 0.25) is 18.2 Å². The van der Waals surface area contributed by atoms with Crippen molar-refractivity contribution in [1.82, 2.24) is 10.2 Å². The molecule has 1 N–H and O–H groups in total. The number of nitrogens with zero attached hydrogens (tertiary/aromatic N) is 1. The summed E-state index contributed by atoms with van der Waals surface area (Å²) in [5, 5.41) is 2.30. The summed E-state index contributed by atoms with van der Waals surface area (Å²) in [5.41, 5.74) is 1.99. The van der Waals surface area contributed by atoms with Gasteiger partial charge in [0.1, 0.15) is 11.8 Å². The summed E-state index contributed by atoms with van der Waals surface area (Å²) in [6.07, 6.45) is 6.15. The lowest BCUT2D eigenvalue weighted by Crippen LogP contribution is -2.51. The van der Waals surface area contributed by atoms with Gasteiger partial charge in [-0.2, -0.15) is 0 Å². The van der Waals surface area contributed by atoms with Crippen LogP contribution in [0.25, 0.3) is 0 Å². The van der Waals surface area contributed by atoms with Gasteiger partial charge < -0.3 is 9.64 Å². The van der Waals surface area contributed by atoms with E-state index in [-0.39, 0.29) is 18.4 Å². The molecule has 134 valence electrons. The quantitative estimate of drug-likeness (QED) is 0.633. The van der Waals surface area contributed by atoms with E-state index < -0.39 is 11.9 Å². The Hall–Kier alpha value is -2.37. The molecule has 1 heterocycles. The van der Waals surface area contributed by atoms with E-state index in [9.17, 15) is 14.4 Å². The van der Waals surface area contributed by atoms with Crippen molar-refractivity contribution in [3.8, 4) is 5.75 Å². The monoisotopic (exact) mass is 344 g/mol. The van der Waals surface area contributed by atoms with Gasteiger partial charge in [0, 0.05) is 13.0 Å². The molecule has 0 spiro atoms. The van der Waals surface area contributed by atoms with Crippen LogP contribution >= 0.6 is 0 Å². The molecular formula is C19H24N2O4. The summed E-state index contributed by atoms with van der Waals surface area (Å²) in [7, 11) is 0. The highest BCUT2D eigenvalue weighted by Crippen LogP contribution is 2.26. The lowest BCUT2D eigenvalue weighted by atomic mass is 10.0. The average Bonchev–Trinajstić information content (AvgIpc) is 3.09. The first-order valence-corrected chi connectivity index (χ1v) is 8.87. The van der Waals surface area contributed by atoms with Crippen molar-refractivity contribution in [1.29, 1.82) is 0 Å². The molecule has 1 saturated carbocycles. The second-order valence-electron chi connectivity index (χ2n) is 6.86. The van der Waals surface area contributed by atoms with Crippen LogP contribution in [0.5, 0.6) is 5.75 Å². The largest absolute Gasteiger partial charge is 0.490 e. The van der Waals surface area contributed by atoms with Gasteiger partial charge in [-0.25, -0.2) is 0 Å². The molecule has 0 radical (unpaired) electrons. The van der Waals surface area contributed by atoms with Crippen LogP contribution in [0.1, 0.15) is 49.7 Å². The summed E-state index contributed by atoms with van der Waals surface area (Å²) in [6.45, 7) is 2.30. The van der Waals surface area contributed by atoms with E-state index in [0.29, 0.717) is 19.4 Å². The van der Waals surface area contributed by atoms with Crippen molar-refractivity contribution >= 4 is 18.2 Å². The minimum Gasteiger partial charge on any atom is -0.490 e. The maximum Gasteiger partial charge on any atom is 0.249 e. The normalized spacial score (nSPS) is 21.1. The summed E-state index contributed by atoms with van der Waals surface area (Å²) in [5.74, 6) is 0.122. The van der Waals surface area contributed by atoms with Gasteiger partial charge in [-0.15, -0.1) is 0 Å². The molecule has 1 aromatic carbocycles. The molecule has 6 heteroatoms. The number of benzene rings is 1. The highest BCUT2D eigenvalue weighted by atomic mass is 16.5. The van der Waals surface area contributed by atoms with Crippen molar-refractivity contribution in [2.75, 3.05) is 0 Å². The van der Waals surface area contributed by atoms with Crippen LogP contribution in [-0.2, 0) is 20.9 Å². The predicted molar refractivity (Wildman–Crippen MR) is 91.8 cm³/mol. The van der Waals surface area contributed by atoms with Gasteiger partial charge in [-0.1, -0.05) is 6.07 Å². The smallest absolute Gasteiger partial charge is 0.249 e. The third-order valence-corrected chi connectivity index (χ3v) is 5.02. The second-order valence-corrected chi connectivity index (χ2v) is 6.86. The summed E-state index contributed by atoms with van der Waals surface area (Å²) in [4.78, 5) is 36.3. The Morgan fingerprint density at radius 2 is 2.00 bits per heavy atom. The van der Waals surface area contributed by atoms with Crippen LogP contribution in [-0.4, -0.2) is 35.3 Å². The molecule has 1 aromatic rings. The zero-order chi connectivity index (χ0) is 17.8. The number of nitrogens with one attached hydrogen (secondary N) is 1. The van der Waals surface area contributed by atoms with Crippen LogP contribution in [0.2, 0.25) is 0 Å². The summed E-state index contributed by atoms with van der Waals surface area (Å²) < 4.78 is 6.04. The maximum atomic E-state index is 12.0. The molecule has 1 aliphatic carbocycles. The molecule has 1 aliphatic heterocycles. The molecule has 25 heavy (non-hydrogen) atoms. The first-order chi connectivity index (χ1) is 12.1. The predicted octanol–water partition coefficient (Wildman–Crippen LogP) is 2.08. The number of carbonyl (C=O) groups excluding carboxylic acids is 3. The van der Waals surface area contributed by atoms with Crippen molar-refractivity contribution < 1.29 is 19.1 Å². The molecule has 1 unspecified atom stereocenters. The number of hydrogen-bond acceptors (Lipinski definition) is 4. The SMILES string of the molecule is Cc1ccc(OC2CCCC2)cc1CN(C=O)C1CCC(=O)NC1=O. The minimum atomic E-state index is -0.603. The third kappa shape index (κ3) is 4.18. The standard InChI is InChI=1S/C19H24N2O4/c1-13-6-7-16(25-15-4-2-3-5-15)10-14(13)11-21(12-22)17-8-9-18(23)20-19(17)24/h6-7,10,12,15,17H,2-5,8-9,11H2,1H3,(H,20,23,24). The molecule has 0 aromatic heterocycles. The molecule has 2 aliphatic rings. The molecule has 0 bridgehead atoms. The van der Waals surface area contributed by atoms with Crippen molar-refractivity contribution in [2.24, 2.45) is 0 Å². The molecular weight excluding hydrogens is 320 g/mol. The Kier molecular flexibility index (Phi) is 5.36. The number of carbonyl (C=O) groups is 3. The molecule has 3 rings (SSSR count). The number of rotatable bonds is 6. The highest BCUT2D eigenvalue weighted by molar-refractivity contribution is 6.00. The van der Waals surface area contributed by atoms with Gasteiger partial charge in [0.15, 0.2) is 0 Å². The van der Waals surface area contributed by atoms with E-state index in [1.807, 2.05) is 25.1 Å². The fraction of sp³-hybridized carbons (Fsp3) is 0.526. The van der Waals surface area contributed by atoms with E-state index in [0.717, 1.165) is 29.7 Å². The van der Waals surface area contributed by atoms with Crippen LogP contribution in [0.4, 0.5) is 0 Å². The lowest BCUT2D eigenvalue weighted by Gasteiger charge is -2.30. The second kappa shape index (κ2) is 7.68. The van der Waals surface area contributed by atoms with Crippen molar-refractivity contribution in [3.05, 3.63) is 29.3 Å². The number of aryl methyl sites for hydroxylation is 1. The summed E-state index contributed by atoms with van der Waals surface area (Å²) in [6, 6.07) is 5.28. The van der Waals surface area contributed by atoms with Crippen LogP contribution in [0, 0.1) is 6.92 Å². The maximum absolute atomic E-state index is 12.0. The van der Waals surface area contributed by atoms with Crippen molar-refractivity contribution in [3.63, 3.8) is 0 Å². The van der Waals surface area contributed by atoms with Crippen LogP contribution in [0.15, 0.2) is 18.2 Å². The fourth-order valence-electron chi connectivity index (χ4n) is 3.51. The third-order valence-electron chi connectivity index (χ3n) is 5.02. The van der Waals surface area contributed by atoms with E-state index >= 15 is 0 Å². The molecule has 3 amide bonds. The summed E-state index contributed by atoms with van der Waals surface area (Å²) >= 11 is 0. The molecule has 6 nitrogen and oxygen atoms in total. The Balaban J connectivity index is 1.72. The van der Waals surface area contributed by atoms with Crippen molar-refractivity contribution in [2.45, 2.75) is 64.1 Å². The van der Waals surface area contributed by atoms with E-state index in [1.54, 1.807) is 0 Å². The van der Waals surface area contributed by atoms with Gasteiger partial charge in [-0.3, -0.25) is 19.7 Å². The first-order valence-electron chi connectivity index (χ1n) is 8.87. The van der Waals surface area contributed by atoms with Gasteiger partial charge >= 0.3 is 0 Å². The Morgan fingerprint density at radius 1 is 1.24 bits per heavy atom. The van der Waals surface area contributed by atoms with Gasteiger partial charge in [0.05, 0.1) is 6.10 Å². The topological polar surface area (TPSA) is 75.7 Å². The Labute approximate surface area is 147 Å². The van der Waals surface area contributed by atoms with E-state index in [2.05, 4.69) is 5.32 Å². The zero-order valence-electron chi connectivity index (χ0n) is 14.5. The lowest BCUT2D eigenvalue weighted by molar-refractivity contribution is -0.141. The number of imide groups is 1. The van der Waals surface area contributed by atoms with E-state index in [1.165, 1.54) is 17.7 Å². The zero-order valence-corrected chi connectivity index (χ0v) is 14.5. The molecule has 1 atom stereocenters. The number of hydrogen-bond donors (Lipinski definition) is 1. The first kappa shape index (κ1) is 17.5. The Bertz CT molecular complexity index is 667.